The SMILES string of the molecule is NC(=O)c1nc(Cn2nc(-c3ccc(Cl)cc3)n(CC(=O)C(F)(F)F)c2=O)n[n]1[AlH2]. The minimum atomic E-state index is -5.12. The zero-order valence-electron chi connectivity index (χ0n) is 15.2. The first-order valence-corrected chi connectivity index (χ1v) is 9.48. The van der Waals surface area contributed by atoms with Crippen molar-refractivity contribution in [2.75, 3.05) is 0 Å². The molecule has 0 atom stereocenters. The van der Waals surface area contributed by atoms with E-state index in [2.05, 4.69) is 15.2 Å². The van der Waals surface area contributed by atoms with Gasteiger partial charge in [0.1, 0.15) is 6.54 Å². The Balaban J connectivity index is 2.06. The van der Waals surface area contributed by atoms with Crippen molar-refractivity contribution in [3.05, 3.63) is 51.4 Å². The molecule has 0 saturated heterocycles. The maximum absolute atomic E-state index is 12.8. The molecule has 15 heteroatoms. The number of rotatable bonds is 6. The van der Waals surface area contributed by atoms with Gasteiger partial charge in [0.05, 0.1) is 6.54 Å². The van der Waals surface area contributed by atoms with Gasteiger partial charge < -0.3 is 9.40 Å². The minimum Gasteiger partial charge on any atom is -0.363 e. The highest BCUT2D eigenvalue weighted by atomic mass is 35.5. The fraction of sp³-hybridized carbons (Fsp3) is 0.200. The molecule has 1 amide bonds. The van der Waals surface area contributed by atoms with Gasteiger partial charge >= 0.3 is 28.4 Å². The second-order valence-electron chi connectivity index (χ2n) is 6.12. The maximum Gasteiger partial charge on any atom is 0.451 e. The van der Waals surface area contributed by atoms with Gasteiger partial charge in [-0.2, -0.15) is 18.3 Å². The molecule has 2 N–H and O–H groups in total. The van der Waals surface area contributed by atoms with E-state index in [0.717, 1.165) is 4.68 Å². The van der Waals surface area contributed by atoms with Crippen LogP contribution in [0, 0.1) is 0 Å². The first-order valence-electron chi connectivity index (χ1n) is 8.20. The fourth-order valence-corrected chi connectivity index (χ4v) is 3.26. The molecule has 0 aliphatic carbocycles. The summed E-state index contributed by atoms with van der Waals surface area (Å²) in [4.78, 5) is 39.4. The van der Waals surface area contributed by atoms with Crippen LogP contribution in [-0.2, 0) is 17.9 Å². The summed E-state index contributed by atoms with van der Waals surface area (Å²) in [5.41, 5.74) is 4.46. The molecule has 0 saturated carbocycles. The molecule has 0 aliphatic rings. The third-order valence-electron chi connectivity index (χ3n) is 3.96. The molecule has 0 radical (unpaired) electrons. The van der Waals surface area contributed by atoms with Crippen molar-refractivity contribution < 1.29 is 22.8 Å². The summed E-state index contributed by atoms with van der Waals surface area (Å²) in [5.74, 6) is -3.21. The number of carbonyl (C=O) groups excluding carboxylic acids is 2. The number of halogens is 4. The van der Waals surface area contributed by atoms with Gasteiger partial charge in [-0.25, -0.2) is 14.5 Å². The molecule has 0 aliphatic heterocycles. The van der Waals surface area contributed by atoms with Crippen molar-refractivity contribution in [2.45, 2.75) is 19.3 Å². The van der Waals surface area contributed by atoms with E-state index in [-0.39, 0.29) is 46.1 Å². The molecule has 10 nitrogen and oxygen atoms in total. The van der Waals surface area contributed by atoms with Crippen molar-refractivity contribution >= 4 is 39.8 Å². The lowest BCUT2D eigenvalue weighted by Gasteiger charge is -2.07. The van der Waals surface area contributed by atoms with Crippen molar-refractivity contribution in [1.82, 2.24) is 28.1 Å². The van der Waals surface area contributed by atoms with Crippen LogP contribution < -0.4 is 11.4 Å². The van der Waals surface area contributed by atoms with Crippen LogP contribution in [0.3, 0.4) is 0 Å². The zero-order chi connectivity index (χ0) is 22.2. The number of amides is 1. The highest BCUT2D eigenvalue weighted by Gasteiger charge is 2.39. The summed E-state index contributed by atoms with van der Waals surface area (Å²) >= 11 is 6.10. The van der Waals surface area contributed by atoms with Crippen LogP contribution >= 0.6 is 11.6 Å². The molecule has 2 aromatic heterocycles. The van der Waals surface area contributed by atoms with Crippen molar-refractivity contribution in [3.8, 4) is 11.4 Å². The van der Waals surface area contributed by atoms with Crippen molar-refractivity contribution in [1.29, 1.82) is 0 Å². The summed E-state index contributed by atoms with van der Waals surface area (Å²) < 4.78 is 40.9. The molecule has 0 unspecified atom stereocenters. The maximum atomic E-state index is 12.8. The predicted molar refractivity (Wildman–Crippen MR) is 99.6 cm³/mol. The Morgan fingerprint density at radius 3 is 2.33 bits per heavy atom. The van der Waals surface area contributed by atoms with E-state index >= 15 is 0 Å². The van der Waals surface area contributed by atoms with Gasteiger partial charge in [0, 0.05) is 10.6 Å². The summed E-state index contributed by atoms with van der Waals surface area (Å²) in [6, 6.07) is 5.80. The summed E-state index contributed by atoms with van der Waals surface area (Å²) in [7, 11) is 0. The van der Waals surface area contributed by atoms with Crippen molar-refractivity contribution in [3.63, 3.8) is 0 Å². The number of ketones is 1. The van der Waals surface area contributed by atoms with E-state index in [1.165, 1.54) is 27.9 Å². The average Bonchev–Trinajstić information content (AvgIpc) is 3.16. The normalized spacial score (nSPS) is 11.6. The van der Waals surface area contributed by atoms with E-state index in [0.29, 0.717) is 9.59 Å². The van der Waals surface area contributed by atoms with E-state index < -0.39 is 30.1 Å². The molecule has 3 aromatic rings. The number of hydrogen-bond acceptors (Lipinski definition) is 6. The van der Waals surface area contributed by atoms with Crippen LogP contribution in [0.25, 0.3) is 11.4 Å². The molecule has 0 bridgehead atoms. The smallest absolute Gasteiger partial charge is 0.363 e. The van der Waals surface area contributed by atoms with Crippen LogP contribution in [0.4, 0.5) is 13.2 Å². The monoisotopic (exact) mass is 457 g/mol. The lowest BCUT2D eigenvalue weighted by atomic mass is 10.2. The molecule has 30 heavy (non-hydrogen) atoms. The van der Waals surface area contributed by atoms with Crippen LogP contribution in [0.15, 0.2) is 29.1 Å². The molecule has 2 heterocycles. The van der Waals surface area contributed by atoms with Gasteiger partial charge in [0.15, 0.2) is 17.5 Å². The van der Waals surface area contributed by atoms with Gasteiger partial charge in [0.25, 0.3) is 11.7 Å². The molecule has 3 rings (SSSR count). The largest absolute Gasteiger partial charge is 0.451 e. The lowest BCUT2D eigenvalue weighted by molar-refractivity contribution is -0.171. The van der Waals surface area contributed by atoms with Crippen LogP contribution in [0.1, 0.15) is 16.4 Å². The van der Waals surface area contributed by atoms with Gasteiger partial charge in [-0.05, 0) is 24.3 Å². The second-order valence-corrected chi connectivity index (χ2v) is 7.40. The molecular formula is C15H12AlClF3N7O3. The highest BCUT2D eigenvalue weighted by Crippen LogP contribution is 2.21. The first-order chi connectivity index (χ1) is 14.0. The average molecular weight is 458 g/mol. The van der Waals surface area contributed by atoms with Gasteiger partial charge in [-0.3, -0.25) is 14.2 Å². The summed E-state index contributed by atoms with van der Waals surface area (Å²) in [6.45, 7) is -1.60. The Kier molecular flexibility index (Phi) is 5.84. The number of carbonyl (C=O) groups is 2. The Bertz CT molecular complexity index is 1180. The van der Waals surface area contributed by atoms with E-state index in [1.807, 2.05) is 0 Å². The standard InChI is InChI=1S/C15H11ClF3N7O3.Al.2H/c16-8-3-1-7(2-4-8)13-24-26(6-10-21-12(11(20)28)23-22-10)14(29)25(13)5-9(27)15(17,18)19;;;/h1-4H,5-6H2,(H3,20,21,22,23,28);;;/q;+1;;/p-1. The Labute approximate surface area is 178 Å². The lowest BCUT2D eigenvalue weighted by Crippen LogP contribution is -2.33. The number of benzene rings is 1. The van der Waals surface area contributed by atoms with Gasteiger partial charge in [-0.15, -0.1) is 5.10 Å². The quantitative estimate of drug-likeness (QED) is 0.503. The number of Topliss-reactive ketones (excluding diaryl/α,β-unsaturated/α-hetero) is 1. The van der Waals surface area contributed by atoms with E-state index in [1.54, 1.807) is 0 Å². The Morgan fingerprint density at radius 2 is 1.80 bits per heavy atom. The molecule has 0 fully saturated rings. The number of nitrogens with two attached hydrogens (primary N) is 1. The number of alkyl halides is 3. The first kappa shape index (κ1) is 21.8. The summed E-state index contributed by atoms with van der Waals surface area (Å²) in [5, 5.41) is 8.38. The zero-order valence-corrected chi connectivity index (χ0v) is 18.0. The predicted octanol–water partition coefficient (Wildman–Crippen LogP) is -0.369. The van der Waals surface area contributed by atoms with Gasteiger partial charge in [0.2, 0.25) is 0 Å². The second kappa shape index (κ2) is 8.06. The molecular weight excluding hydrogens is 446 g/mol. The Morgan fingerprint density at radius 1 is 1.17 bits per heavy atom. The fourth-order valence-electron chi connectivity index (χ4n) is 2.59. The van der Waals surface area contributed by atoms with E-state index in [9.17, 15) is 27.6 Å². The number of primary amides is 1. The Hall–Kier alpha value is -2.95. The third-order valence-corrected chi connectivity index (χ3v) is 4.84. The number of nitrogens with zero attached hydrogens (tertiary/aromatic N) is 6. The van der Waals surface area contributed by atoms with Crippen LogP contribution in [0.2, 0.25) is 5.02 Å². The van der Waals surface area contributed by atoms with Crippen molar-refractivity contribution in [2.24, 2.45) is 5.73 Å². The summed E-state index contributed by atoms with van der Waals surface area (Å²) in [6.07, 6.45) is -5.12. The van der Waals surface area contributed by atoms with Crippen LogP contribution in [-0.4, -0.2) is 62.5 Å². The molecule has 1 aromatic carbocycles. The minimum absolute atomic E-state index is 0.00959. The van der Waals surface area contributed by atoms with Crippen LogP contribution in [0.5, 0.6) is 0 Å². The highest BCUT2D eigenvalue weighted by molar-refractivity contribution is 6.30. The third kappa shape index (κ3) is 4.45. The topological polar surface area (TPSA) is 131 Å². The molecule has 0 spiro atoms. The molecule has 156 valence electrons. The van der Waals surface area contributed by atoms with Gasteiger partial charge in [-0.1, -0.05) is 11.6 Å². The number of hydrogen-bond donors (Lipinski definition) is 1. The number of aromatic nitrogens is 6. The van der Waals surface area contributed by atoms with E-state index in [4.69, 9.17) is 17.3 Å².